The maximum absolute atomic E-state index is 9.36. The highest BCUT2D eigenvalue weighted by Gasteiger charge is 2.41. The van der Waals surface area contributed by atoms with Gasteiger partial charge in [-0.3, -0.25) is 4.90 Å². The minimum atomic E-state index is -0.0475. The Morgan fingerprint density at radius 3 is 2.42 bits per heavy atom. The predicted octanol–water partition coefficient (Wildman–Crippen LogP) is 1.24. The Morgan fingerprint density at radius 2 is 2.00 bits per heavy atom. The van der Waals surface area contributed by atoms with E-state index in [0.717, 1.165) is 25.6 Å². The van der Waals surface area contributed by atoms with Crippen LogP contribution in [0.3, 0.4) is 0 Å². The van der Waals surface area contributed by atoms with Crippen molar-refractivity contribution in [3.05, 3.63) is 0 Å². The van der Waals surface area contributed by atoms with Gasteiger partial charge in [-0.15, -0.1) is 0 Å². The molecule has 1 saturated carbocycles. The molecular weight excluding hydrogens is 150 g/mol. The van der Waals surface area contributed by atoms with Crippen molar-refractivity contribution in [3.8, 4) is 0 Å². The van der Waals surface area contributed by atoms with E-state index in [1.54, 1.807) is 0 Å². The Kier molecular flexibility index (Phi) is 1.92. The highest BCUT2D eigenvalue weighted by Crippen LogP contribution is 2.43. The van der Waals surface area contributed by atoms with Crippen molar-refractivity contribution in [1.29, 1.82) is 0 Å². The molecule has 0 amide bonds. The number of likely N-dealkylation sites (tertiary alicyclic amines) is 1. The molecule has 70 valence electrons. The summed E-state index contributed by atoms with van der Waals surface area (Å²) in [6, 6.07) is 0.775. The van der Waals surface area contributed by atoms with Crippen LogP contribution in [-0.2, 0) is 0 Å². The maximum Gasteiger partial charge on any atom is 0.0679 e. The summed E-state index contributed by atoms with van der Waals surface area (Å²) in [6.07, 6.45) is 3.57. The second kappa shape index (κ2) is 2.71. The molecule has 2 rings (SSSR count). The van der Waals surface area contributed by atoms with Crippen molar-refractivity contribution in [2.75, 3.05) is 13.1 Å². The van der Waals surface area contributed by atoms with Gasteiger partial charge in [-0.05, 0) is 24.7 Å². The largest absolute Gasteiger partial charge is 0.392 e. The van der Waals surface area contributed by atoms with Crippen molar-refractivity contribution >= 4 is 0 Å². The molecule has 1 aliphatic heterocycles. The topological polar surface area (TPSA) is 23.5 Å². The fourth-order valence-electron chi connectivity index (χ4n) is 2.57. The van der Waals surface area contributed by atoms with Crippen LogP contribution in [0, 0.1) is 5.41 Å². The van der Waals surface area contributed by atoms with Crippen LogP contribution in [0.1, 0.15) is 33.1 Å². The average molecular weight is 169 g/mol. The molecular formula is C10H19NO. The van der Waals surface area contributed by atoms with E-state index in [1.165, 1.54) is 12.8 Å². The number of hydrogen-bond acceptors (Lipinski definition) is 2. The second-order valence-corrected chi connectivity index (χ2v) is 5.16. The first-order valence-corrected chi connectivity index (χ1v) is 4.99. The molecule has 1 heterocycles. The zero-order chi connectivity index (χ0) is 8.77. The van der Waals surface area contributed by atoms with E-state index in [2.05, 4.69) is 18.7 Å². The third-order valence-electron chi connectivity index (χ3n) is 3.29. The van der Waals surface area contributed by atoms with Gasteiger partial charge in [0, 0.05) is 19.1 Å². The molecule has 0 unspecified atom stereocenters. The molecule has 1 saturated heterocycles. The van der Waals surface area contributed by atoms with E-state index in [1.807, 2.05) is 0 Å². The molecule has 2 aliphatic rings. The van der Waals surface area contributed by atoms with Crippen LogP contribution >= 0.6 is 0 Å². The Balaban J connectivity index is 1.81. The lowest BCUT2D eigenvalue weighted by molar-refractivity contribution is 0.0323. The lowest BCUT2D eigenvalue weighted by Crippen LogP contribution is -2.47. The molecule has 1 aliphatic carbocycles. The fourth-order valence-corrected chi connectivity index (χ4v) is 2.57. The first kappa shape index (κ1) is 8.52. The van der Waals surface area contributed by atoms with Gasteiger partial charge in [-0.25, -0.2) is 0 Å². The SMILES string of the molecule is CC1(C)CC(N2CC[C@H](O)C2)C1. The molecule has 0 bridgehead atoms. The van der Waals surface area contributed by atoms with E-state index in [0.29, 0.717) is 5.41 Å². The molecule has 12 heavy (non-hydrogen) atoms. The summed E-state index contributed by atoms with van der Waals surface area (Å²) in [6.45, 7) is 6.69. The van der Waals surface area contributed by atoms with Crippen molar-refractivity contribution in [2.45, 2.75) is 45.3 Å². The van der Waals surface area contributed by atoms with Crippen LogP contribution in [0.25, 0.3) is 0 Å². The summed E-state index contributed by atoms with van der Waals surface area (Å²) in [4.78, 5) is 2.45. The van der Waals surface area contributed by atoms with E-state index in [9.17, 15) is 5.11 Å². The van der Waals surface area contributed by atoms with Gasteiger partial charge in [0.25, 0.3) is 0 Å². The van der Waals surface area contributed by atoms with Crippen molar-refractivity contribution in [3.63, 3.8) is 0 Å². The Labute approximate surface area is 74.6 Å². The lowest BCUT2D eigenvalue weighted by Gasteiger charge is -2.47. The fraction of sp³-hybridized carbons (Fsp3) is 1.00. The molecule has 0 aromatic heterocycles. The van der Waals surface area contributed by atoms with Crippen LogP contribution in [0.2, 0.25) is 0 Å². The smallest absolute Gasteiger partial charge is 0.0679 e. The monoisotopic (exact) mass is 169 g/mol. The van der Waals surface area contributed by atoms with Gasteiger partial charge in [0.05, 0.1) is 6.10 Å². The van der Waals surface area contributed by atoms with Gasteiger partial charge in [-0.2, -0.15) is 0 Å². The van der Waals surface area contributed by atoms with Crippen LogP contribution in [0.4, 0.5) is 0 Å². The molecule has 2 nitrogen and oxygen atoms in total. The predicted molar refractivity (Wildman–Crippen MR) is 49.0 cm³/mol. The van der Waals surface area contributed by atoms with E-state index in [-0.39, 0.29) is 6.10 Å². The highest BCUT2D eigenvalue weighted by molar-refractivity contribution is 4.95. The van der Waals surface area contributed by atoms with Crippen LogP contribution in [0.5, 0.6) is 0 Å². The van der Waals surface area contributed by atoms with Crippen LogP contribution in [-0.4, -0.2) is 35.2 Å². The summed E-state index contributed by atoms with van der Waals surface area (Å²) in [7, 11) is 0. The molecule has 0 spiro atoms. The summed E-state index contributed by atoms with van der Waals surface area (Å²) in [5.41, 5.74) is 0.568. The molecule has 2 fully saturated rings. The second-order valence-electron chi connectivity index (χ2n) is 5.16. The van der Waals surface area contributed by atoms with E-state index < -0.39 is 0 Å². The minimum Gasteiger partial charge on any atom is -0.392 e. The molecule has 0 aromatic carbocycles. The number of hydrogen-bond donors (Lipinski definition) is 1. The quantitative estimate of drug-likeness (QED) is 0.638. The van der Waals surface area contributed by atoms with Crippen LogP contribution < -0.4 is 0 Å². The van der Waals surface area contributed by atoms with Gasteiger partial charge in [0.1, 0.15) is 0 Å². The zero-order valence-corrected chi connectivity index (χ0v) is 8.08. The Morgan fingerprint density at radius 1 is 1.33 bits per heavy atom. The van der Waals surface area contributed by atoms with Crippen LogP contribution in [0.15, 0.2) is 0 Å². The number of nitrogens with zero attached hydrogens (tertiary/aromatic N) is 1. The highest BCUT2D eigenvalue weighted by atomic mass is 16.3. The van der Waals surface area contributed by atoms with Gasteiger partial charge in [-0.1, -0.05) is 13.8 Å². The van der Waals surface area contributed by atoms with E-state index in [4.69, 9.17) is 0 Å². The Bertz CT molecular complexity index is 171. The molecule has 0 aromatic rings. The van der Waals surface area contributed by atoms with Gasteiger partial charge in [0.2, 0.25) is 0 Å². The minimum absolute atomic E-state index is 0.0475. The zero-order valence-electron chi connectivity index (χ0n) is 8.08. The normalized spacial score (nSPS) is 36.8. The van der Waals surface area contributed by atoms with Crippen molar-refractivity contribution in [1.82, 2.24) is 4.90 Å². The van der Waals surface area contributed by atoms with Gasteiger partial charge < -0.3 is 5.11 Å². The summed E-state index contributed by atoms with van der Waals surface area (Å²) in [5, 5.41) is 9.36. The first-order chi connectivity index (χ1) is 5.57. The van der Waals surface area contributed by atoms with Gasteiger partial charge in [0.15, 0.2) is 0 Å². The molecule has 0 radical (unpaired) electrons. The number of aliphatic hydroxyl groups is 1. The molecule has 1 N–H and O–H groups in total. The van der Waals surface area contributed by atoms with Gasteiger partial charge >= 0.3 is 0 Å². The molecule has 1 atom stereocenters. The van der Waals surface area contributed by atoms with Crippen molar-refractivity contribution < 1.29 is 5.11 Å². The number of rotatable bonds is 1. The maximum atomic E-state index is 9.36. The Hall–Kier alpha value is -0.0800. The summed E-state index contributed by atoms with van der Waals surface area (Å²) >= 11 is 0. The number of aliphatic hydroxyl groups excluding tert-OH is 1. The average Bonchev–Trinajstić information content (AvgIpc) is 2.30. The third kappa shape index (κ3) is 1.50. The lowest BCUT2D eigenvalue weighted by atomic mass is 9.68. The number of β-amino-alcohol motifs (C(OH)–C–C–N with tert-alkyl or cyclic N) is 1. The van der Waals surface area contributed by atoms with Crippen molar-refractivity contribution in [2.24, 2.45) is 5.41 Å². The third-order valence-corrected chi connectivity index (χ3v) is 3.29. The summed E-state index contributed by atoms with van der Waals surface area (Å²) < 4.78 is 0. The standard InChI is InChI=1S/C10H19NO/c1-10(2)5-8(6-10)11-4-3-9(12)7-11/h8-9,12H,3-7H2,1-2H3/t9-/m0/s1. The first-order valence-electron chi connectivity index (χ1n) is 4.99. The molecule has 2 heteroatoms. The summed E-state index contributed by atoms with van der Waals surface area (Å²) in [5.74, 6) is 0. The van der Waals surface area contributed by atoms with E-state index >= 15 is 0 Å².